The lowest BCUT2D eigenvalue weighted by Gasteiger charge is -2.19. The van der Waals surface area contributed by atoms with E-state index in [2.05, 4.69) is 0 Å². The van der Waals surface area contributed by atoms with Gasteiger partial charge in [-0.05, 0) is 5.19 Å². The number of hydrogen-bond acceptors (Lipinski definition) is 6. The van der Waals surface area contributed by atoms with E-state index in [1.807, 2.05) is 30.3 Å². The molecule has 20 heavy (non-hydrogen) atoms. The van der Waals surface area contributed by atoms with Crippen molar-refractivity contribution in [3.63, 3.8) is 0 Å². The number of hydrogen-bond donors (Lipinski definition) is 0. The standard InChI is InChI=1S/C8H12O2Si.C4H12O4Si/c1-9-11(10-2)8-6-4-3-5-7-8;1-5-9(6-2,7-3)8-4/h3-7,11H,1-2H3;1-4H3. The van der Waals surface area contributed by atoms with Gasteiger partial charge in [0, 0.05) is 42.7 Å². The van der Waals surface area contributed by atoms with E-state index in [1.54, 1.807) is 14.2 Å². The first-order valence-electron chi connectivity index (χ1n) is 5.94. The summed E-state index contributed by atoms with van der Waals surface area (Å²) < 4.78 is 29.8. The summed E-state index contributed by atoms with van der Waals surface area (Å²) in [5, 5.41) is 1.18. The van der Waals surface area contributed by atoms with Gasteiger partial charge in [-0.3, -0.25) is 0 Å². The second-order valence-electron chi connectivity index (χ2n) is 3.53. The summed E-state index contributed by atoms with van der Waals surface area (Å²) in [5.74, 6) is 0. The summed E-state index contributed by atoms with van der Waals surface area (Å²) in [6, 6.07) is 10.0. The van der Waals surface area contributed by atoms with Crippen LogP contribution in [0.25, 0.3) is 0 Å². The molecule has 0 aliphatic rings. The smallest absolute Gasteiger partial charge is 0.397 e. The van der Waals surface area contributed by atoms with Crippen molar-refractivity contribution in [2.24, 2.45) is 0 Å². The maximum Gasteiger partial charge on any atom is 0.678 e. The molecule has 0 aliphatic heterocycles. The first-order chi connectivity index (χ1) is 9.62. The number of benzene rings is 1. The highest BCUT2D eigenvalue weighted by atomic mass is 28.4. The largest absolute Gasteiger partial charge is 0.678 e. The fourth-order valence-corrected chi connectivity index (χ4v) is 3.75. The minimum Gasteiger partial charge on any atom is -0.397 e. The first-order valence-corrected chi connectivity index (χ1v) is 9.09. The van der Waals surface area contributed by atoms with Crippen LogP contribution in [0, 0.1) is 0 Å². The van der Waals surface area contributed by atoms with Crippen molar-refractivity contribution >= 4 is 23.5 Å². The molecule has 0 radical (unpaired) electrons. The molecule has 0 saturated heterocycles. The molecule has 0 N–H and O–H groups in total. The van der Waals surface area contributed by atoms with E-state index in [1.165, 1.54) is 33.6 Å². The van der Waals surface area contributed by atoms with Gasteiger partial charge in [-0.15, -0.1) is 0 Å². The maximum absolute atomic E-state index is 5.20. The van der Waals surface area contributed by atoms with Crippen LogP contribution >= 0.6 is 0 Å². The van der Waals surface area contributed by atoms with Crippen LogP contribution in [0.4, 0.5) is 0 Å². The molecule has 1 aromatic rings. The van der Waals surface area contributed by atoms with Gasteiger partial charge in [0.15, 0.2) is 0 Å². The van der Waals surface area contributed by atoms with Crippen molar-refractivity contribution in [1.29, 1.82) is 0 Å². The van der Waals surface area contributed by atoms with Crippen LogP contribution in [0.5, 0.6) is 0 Å². The van der Waals surface area contributed by atoms with Gasteiger partial charge in [-0.25, -0.2) is 0 Å². The molecule has 0 fully saturated rings. The lowest BCUT2D eigenvalue weighted by atomic mass is 10.4. The Balaban J connectivity index is 0.000000370. The molecule has 1 aromatic carbocycles. The third-order valence-corrected chi connectivity index (χ3v) is 6.29. The molecule has 0 spiro atoms. The third kappa shape index (κ3) is 6.24. The van der Waals surface area contributed by atoms with Crippen molar-refractivity contribution < 1.29 is 26.6 Å². The van der Waals surface area contributed by atoms with Crippen LogP contribution in [-0.2, 0) is 26.6 Å². The molecule has 0 aromatic heterocycles. The Morgan fingerprint density at radius 2 is 1.10 bits per heavy atom. The van der Waals surface area contributed by atoms with Crippen molar-refractivity contribution in [3.05, 3.63) is 30.3 Å². The van der Waals surface area contributed by atoms with E-state index in [0.29, 0.717) is 0 Å². The molecule has 6 nitrogen and oxygen atoms in total. The van der Waals surface area contributed by atoms with Gasteiger partial charge in [0.2, 0.25) is 0 Å². The minimum atomic E-state index is -2.69. The quantitative estimate of drug-likeness (QED) is 0.679. The normalized spacial score (nSPS) is 11.2. The predicted octanol–water partition coefficient (Wildman–Crippen LogP) is 0.414. The summed E-state index contributed by atoms with van der Waals surface area (Å²) in [5.41, 5.74) is 0. The molecule has 1 rings (SSSR count). The van der Waals surface area contributed by atoms with Gasteiger partial charge >= 0.3 is 18.3 Å². The molecule has 8 heteroatoms. The van der Waals surface area contributed by atoms with Gasteiger partial charge in [-0.2, -0.15) is 0 Å². The second-order valence-corrected chi connectivity index (χ2v) is 8.44. The van der Waals surface area contributed by atoms with Crippen LogP contribution in [-0.4, -0.2) is 61.0 Å². The fourth-order valence-electron chi connectivity index (χ4n) is 1.48. The highest BCUT2D eigenvalue weighted by molar-refractivity contribution is 6.61. The lowest BCUT2D eigenvalue weighted by Crippen LogP contribution is -2.45. The minimum absolute atomic E-state index is 1.18. The van der Waals surface area contributed by atoms with E-state index >= 15 is 0 Å². The van der Waals surface area contributed by atoms with Gasteiger partial charge in [0.1, 0.15) is 0 Å². The van der Waals surface area contributed by atoms with E-state index in [-0.39, 0.29) is 0 Å². The van der Waals surface area contributed by atoms with Crippen molar-refractivity contribution in [2.75, 3.05) is 42.7 Å². The zero-order chi connectivity index (χ0) is 15.4. The average molecular weight is 320 g/mol. The first kappa shape index (κ1) is 19.4. The average Bonchev–Trinajstić information content (AvgIpc) is 2.53. The van der Waals surface area contributed by atoms with Crippen LogP contribution in [0.1, 0.15) is 0 Å². The highest BCUT2D eigenvalue weighted by Crippen LogP contribution is 2.04. The highest BCUT2D eigenvalue weighted by Gasteiger charge is 2.40. The van der Waals surface area contributed by atoms with Gasteiger partial charge in [0.05, 0.1) is 0 Å². The summed E-state index contributed by atoms with van der Waals surface area (Å²) in [7, 11) is 5.09. The predicted molar refractivity (Wildman–Crippen MR) is 81.0 cm³/mol. The summed E-state index contributed by atoms with van der Waals surface area (Å²) in [4.78, 5) is 0. The molecule has 0 atom stereocenters. The Kier molecular flexibility index (Phi) is 10.8. The molecule has 0 amide bonds. The lowest BCUT2D eigenvalue weighted by molar-refractivity contribution is 0.0226. The van der Waals surface area contributed by atoms with E-state index < -0.39 is 18.3 Å². The third-order valence-electron chi connectivity index (χ3n) is 2.50. The molecule has 0 bridgehead atoms. The monoisotopic (exact) mass is 320 g/mol. The molecule has 116 valence electrons. The Labute approximate surface area is 123 Å². The van der Waals surface area contributed by atoms with Crippen molar-refractivity contribution in [1.82, 2.24) is 0 Å². The Bertz CT molecular complexity index is 312. The second kappa shape index (κ2) is 11.1. The Morgan fingerprint density at radius 1 is 0.700 bits per heavy atom. The van der Waals surface area contributed by atoms with E-state index in [0.717, 1.165) is 0 Å². The molecule has 0 heterocycles. The summed E-state index contributed by atoms with van der Waals surface area (Å²) in [6.45, 7) is 0. The fraction of sp³-hybridized carbons (Fsp3) is 0.500. The Morgan fingerprint density at radius 3 is 1.35 bits per heavy atom. The Hall–Kier alpha value is -0.586. The zero-order valence-electron chi connectivity index (χ0n) is 12.9. The van der Waals surface area contributed by atoms with E-state index in [9.17, 15) is 0 Å². The van der Waals surface area contributed by atoms with Gasteiger partial charge in [-0.1, -0.05) is 30.3 Å². The molecule has 0 unspecified atom stereocenters. The van der Waals surface area contributed by atoms with Crippen molar-refractivity contribution in [3.8, 4) is 0 Å². The SMILES string of the molecule is CO[SiH](OC)c1ccccc1.CO[Si](OC)(OC)OC. The molecular weight excluding hydrogens is 296 g/mol. The molecule has 0 aliphatic carbocycles. The molecule has 0 saturated carbocycles. The van der Waals surface area contributed by atoms with Crippen molar-refractivity contribution in [2.45, 2.75) is 0 Å². The van der Waals surface area contributed by atoms with E-state index in [4.69, 9.17) is 26.6 Å². The summed E-state index contributed by atoms with van der Waals surface area (Å²) >= 11 is 0. The van der Waals surface area contributed by atoms with Crippen LogP contribution in [0.15, 0.2) is 30.3 Å². The summed E-state index contributed by atoms with van der Waals surface area (Å²) in [6.07, 6.45) is 0. The van der Waals surface area contributed by atoms with Crippen LogP contribution in [0.2, 0.25) is 0 Å². The maximum atomic E-state index is 5.20. The van der Waals surface area contributed by atoms with Gasteiger partial charge in [0.25, 0.3) is 0 Å². The topological polar surface area (TPSA) is 55.4 Å². The van der Waals surface area contributed by atoms with Gasteiger partial charge < -0.3 is 26.6 Å². The van der Waals surface area contributed by atoms with Crippen LogP contribution < -0.4 is 5.19 Å². The van der Waals surface area contributed by atoms with Crippen LogP contribution in [0.3, 0.4) is 0 Å². The number of rotatable bonds is 7. The molecular formula is C12H24O6Si2. The zero-order valence-corrected chi connectivity index (χ0v) is 15.1.